The molecule has 9 heteroatoms. The topological polar surface area (TPSA) is 56.5 Å². The predicted octanol–water partition coefficient (Wildman–Crippen LogP) is 2.99. The van der Waals surface area contributed by atoms with Crippen LogP contribution in [0.15, 0.2) is 18.5 Å². The summed E-state index contributed by atoms with van der Waals surface area (Å²) in [6, 6.07) is 1.54. The van der Waals surface area contributed by atoms with Crippen LogP contribution in [-0.4, -0.2) is 23.5 Å². The summed E-state index contributed by atoms with van der Waals surface area (Å²) >= 11 is 0.971. The Kier molecular flexibility index (Phi) is 2.93. The van der Waals surface area contributed by atoms with Crippen LogP contribution in [0.5, 0.6) is 0 Å². The number of hydrogen-bond acceptors (Lipinski definition) is 5. The molecule has 0 amide bonds. The van der Waals surface area contributed by atoms with Gasteiger partial charge in [-0.3, -0.25) is 4.68 Å². The molecule has 3 rings (SSSR count). The Balaban J connectivity index is 2.20. The summed E-state index contributed by atoms with van der Waals surface area (Å²) in [4.78, 5) is 4.01. The first-order valence-corrected chi connectivity index (χ1v) is 6.45. The van der Waals surface area contributed by atoms with Gasteiger partial charge < -0.3 is 0 Å². The van der Waals surface area contributed by atoms with Crippen molar-refractivity contribution in [1.82, 2.24) is 23.5 Å². The number of halogens is 3. The number of aromatic nitrogens is 5. The SMILES string of the molecule is CCn1ncc(-c2cnc3nsnc3c2)c1C(F)(F)F. The van der Waals surface area contributed by atoms with E-state index < -0.39 is 11.9 Å². The van der Waals surface area contributed by atoms with Crippen LogP contribution < -0.4 is 0 Å². The zero-order valence-electron chi connectivity index (χ0n) is 10.2. The Morgan fingerprint density at radius 2 is 2.05 bits per heavy atom. The summed E-state index contributed by atoms with van der Waals surface area (Å²) in [5.41, 5.74) is 0.461. The lowest BCUT2D eigenvalue weighted by molar-refractivity contribution is -0.143. The van der Waals surface area contributed by atoms with E-state index in [0.717, 1.165) is 16.4 Å². The zero-order chi connectivity index (χ0) is 14.3. The number of pyridine rings is 1. The third-order valence-corrected chi connectivity index (χ3v) is 3.37. The molecule has 0 saturated carbocycles. The van der Waals surface area contributed by atoms with Crippen molar-refractivity contribution in [3.8, 4) is 11.1 Å². The fourth-order valence-corrected chi connectivity index (χ4v) is 2.45. The maximum atomic E-state index is 13.2. The van der Waals surface area contributed by atoms with Crippen molar-refractivity contribution in [2.24, 2.45) is 0 Å². The molecule has 0 aliphatic carbocycles. The molecule has 0 unspecified atom stereocenters. The summed E-state index contributed by atoms with van der Waals surface area (Å²) < 4.78 is 48.3. The molecule has 0 aliphatic heterocycles. The van der Waals surface area contributed by atoms with E-state index in [9.17, 15) is 13.2 Å². The second kappa shape index (κ2) is 4.51. The second-order valence-electron chi connectivity index (χ2n) is 4.05. The zero-order valence-corrected chi connectivity index (χ0v) is 11.0. The van der Waals surface area contributed by atoms with Gasteiger partial charge in [0.15, 0.2) is 5.65 Å². The molecule has 0 spiro atoms. The predicted molar refractivity (Wildman–Crippen MR) is 67.1 cm³/mol. The highest BCUT2D eigenvalue weighted by Crippen LogP contribution is 2.37. The van der Waals surface area contributed by atoms with E-state index in [-0.39, 0.29) is 12.1 Å². The minimum absolute atomic E-state index is 0.00162. The van der Waals surface area contributed by atoms with Crippen molar-refractivity contribution in [3.05, 3.63) is 24.2 Å². The van der Waals surface area contributed by atoms with Gasteiger partial charge in [-0.05, 0) is 13.0 Å². The van der Waals surface area contributed by atoms with Gasteiger partial charge in [0.2, 0.25) is 0 Å². The maximum absolute atomic E-state index is 13.2. The number of hydrogen-bond donors (Lipinski definition) is 0. The van der Waals surface area contributed by atoms with Gasteiger partial charge in [0.05, 0.1) is 17.9 Å². The van der Waals surface area contributed by atoms with Crippen LogP contribution in [0, 0.1) is 0 Å². The molecular formula is C11H8F3N5S. The van der Waals surface area contributed by atoms with Gasteiger partial charge >= 0.3 is 6.18 Å². The van der Waals surface area contributed by atoms with Crippen LogP contribution in [0.2, 0.25) is 0 Å². The van der Waals surface area contributed by atoms with Crippen molar-refractivity contribution < 1.29 is 13.2 Å². The Labute approximate surface area is 115 Å². The Hall–Kier alpha value is -2.03. The molecule has 0 N–H and O–H groups in total. The summed E-state index contributed by atoms with van der Waals surface area (Å²) in [6.07, 6.45) is -1.91. The number of nitrogens with zero attached hydrogens (tertiary/aromatic N) is 5. The molecule has 3 aromatic heterocycles. The Bertz CT molecular complexity index is 761. The average Bonchev–Trinajstić information content (AvgIpc) is 3.03. The maximum Gasteiger partial charge on any atom is 0.433 e. The van der Waals surface area contributed by atoms with E-state index in [1.165, 1.54) is 18.5 Å². The van der Waals surface area contributed by atoms with Crippen LogP contribution in [-0.2, 0) is 12.7 Å². The molecule has 5 nitrogen and oxygen atoms in total. The Morgan fingerprint density at radius 1 is 1.25 bits per heavy atom. The first-order chi connectivity index (χ1) is 9.50. The van der Waals surface area contributed by atoms with Crippen LogP contribution in [0.4, 0.5) is 13.2 Å². The van der Waals surface area contributed by atoms with E-state index in [1.807, 2.05) is 0 Å². The average molecular weight is 299 g/mol. The van der Waals surface area contributed by atoms with Crippen molar-refractivity contribution in [2.75, 3.05) is 0 Å². The van der Waals surface area contributed by atoms with Gasteiger partial charge in [0, 0.05) is 23.9 Å². The van der Waals surface area contributed by atoms with Crippen molar-refractivity contribution >= 4 is 22.9 Å². The summed E-state index contributed by atoms with van der Waals surface area (Å²) in [5.74, 6) is 0. The van der Waals surface area contributed by atoms with Crippen LogP contribution in [0.25, 0.3) is 22.3 Å². The molecular weight excluding hydrogens is 291 g/mol. The summed E-state index contributed by atoms with van der Waals surface area (Å²) in [5, 5.41) is 3.78. The lowest BCUT2D eigenvalue weighted by Crippen LogP contribution is -2.15. The van der Waals surface area contributed by atoms with Gasteiger partial charge in [-0.2, -0.15) is 27.0 Å². The van der Waals surface area contributed by atoms with Crippen molar-refractivity contribution in [2.45, 2.75) is 19.6 Å². The molecule has 0 aliphatic rings. The smallest absolute Gasteiger partial charge is 0.260 e. The van der Waals surface area contributed by atoms with E-state index in [1.54, 1.807) is 6.92 Å². The second-order valence-corrected chi connectivity index (χ2v) is 4.58. The molecule has 104 valence electrons. The largest absolute Gasteiger partial charge is 0.433 e. The van der Waals surface area contributed by atoms with E-state index in [4.69, 9.17) is 0 Å². The van der Waals surface area contributed by atoms with E-state index in [0.29, 0.717) is 16.7 Å². The normalized spacial score (nSPS) is 12.2. The molecule has 0 radical (unpaired) electrons. The third kappa shape index (κ3) is 2.03. The molecule has 3 heterocycles. The quantitative estimate of drug-likeness (QED) is 0.730. The minimum atomic E-state index is -4.48. The van der Waals surface area contributed by atoms with Crippen molar-refractivity contribution in [1.29, 1.82) is 0 Å². The van der Waals surface area contributed by atoms with Crippen LogP contribution in [0.3, 0.4) is 0 Å². The van der Waals surface area contributed by atoms with Crippen LogP contribution >= 0.6 is 11.7 Å². The van der Waals surface area contributed by atoms with Gasteiger partial charge in [-0.1, -0.05) is 0 Å². The monoisotopic (exact) mass is 299 g/mol. The number of rotatable bonds is 2. The lowest BCUT2D eigenvalue weighted by Gasteiger charge is -2.11. The van der Waals surface area contributed by atoms with Gasteiger partial charge in [0.25, 0.3) is 0 Å². The summed E-state index contributed by atoms with van der Waals surface area (Å²) in [7, 11) is 0. The van der Waals surface area contributed by atoms with Gasteiger partial charge in [-0.15, -0.1) is 0 Å². The van der Waals surface area contributed by atoms with Crippen molar-refractivity contribution in [3.63, 3.8) is 0 Å². The number of alkyl halides is 3. The minimum Gasteiger partial charge on any atom is -0.260 e. The lowest BCUT2D eigenvalue weighted by atomic mass is 10.1. The molecule has 0 fully saturated rings. The third-order valence-electron chi connectivity index (χ3n) is 2.83. The fraction of sp³-hybridized carbons (Fsp3) is 0.273. The van der Waals surface area contributed by atoms with E-state index in [2.05, 4.69) is 18.8 Å². The molecule has 20 heavy (non-hydrogen) atoms. The molecule has 0 atom stereocenters. The van der Waals surface area contributed by atoms with E-state index >= 15 is 0 Å². The van der Waals surface area contributed by atoms with Crippen LogP contribution in [0.1, 0.15) is 12.6 Å². The highest BCUT2D eigenvalue weighted by atomic mass is 32.1. The Morgan fingerprint density at radius 3 is 2.75 bits per heavy atom. The van der Waals surface area contributed by atoms with Gasteiger partial charge in [0.1, 0.15) is 11.2 Å². The molecule has 0 bridgehead atoms. The number of aryl methyl sites for hydroxylation is 1. The summed E-state index contributed by atoms with van der Waals surface area (Å²) in [6.45, 7) is 1.75. The standard InChI is InChI=1S/C11H8F3N5S/c1-2-19-9(11(12,13)14)7(5-16-19)6-3-8-10(15-4-6)18-20-17-8/h3-5H,2H2,1H3. The highest BCUT2D eigenvalue weighted by Gasteiger charge is 2.38. The first-order valence-electron chi connectivity index (χ1n) is 5.72. The molecule has 3 aromatic rings. The number of fused-ring (bicyclic) bond motifs is 1. The molecule has 0 saturated heterocycles. The first kappa shape index (κ1) is 13.0. The molecule has 0 aromatic carbocycles. The van der Waals surface area contributed by atoms with Gasteiger partial charge in [-0.25, -0.2) is 4.98 Å². The fourth-order valence-electron chi connectivity index (χ4n) is 1.97. The highest BCUT2D eigenvalue weighted by molar-refractivity contribution is 7.00.